The quantitative estimate of drug-likeness (QED) is 0.742. The average Bonchev–Trinajstić information content (AvgIpc) is 2.82. The monoisotopic (exact) mass is 377 g/mol. The van der Waals surface area contributed by atoms with Crippen LogP contribution < -0.4 is 0 Å². The van der Waals surface area contributed by atoms with E-state index >= 15 is 0 Å². The molecule has 0 aromatic heterocycles. The zero-order valence-electron chi connectivity index (χ0n) is 16.3. The number of likely N-dealkylation sites (tertiary alicyclic amines) is 1. The number of rotatable bonds is 5. The second-order valence-corrected chi connectivity index (χ2v) is 7.93. The summed E-state index contributed by atoms with van der Waals surface area (Å²) in [6.07, 6.45) is 2.08. The van der Waals surface area contributed by atoms with E-state index in [0.29, 0.717) is 19.1 Å². The van der Waals surface area contributed by atoms with Gasteiger partial charge in [0.05, 0.1) is 13.0 Å². The fourth-order valence-corrected chi connectivity index (χ4v) is 4.86. The average molecular weight is 377 g/mol. The number of piperidine rings is 1. The van der Waals surface area contributed by atoms with Crippen LogP contribution in [-0.4, -0.2) is 29.9 Å². The standard InChI is InChI=1S/C24H27NO3/c1-2-28-23(26)14-21-20-11-7-6-10-19(20)12-18-13-22(21)24(27)25(16-18)15-17-8-4-3-5-9-17/h3-11,18,21-22H,2,12-16H2,1H3/t18-,21-,22-/m1/s1. The summed E-state index contributed by atoms with van der Waals surface area (Å²) in [5, 5.41) is 0. The van der Waals surface area contributed by atoms with Crippen molar-refractivity contribution in [3.63, 3.8) is 0 Å². The van der Waals surface area contributed by atoms with Crippen molar-refractivity contribution < 1.29 is 14.3 Å². The molecule has 2 aliphatic rings. The Labute approximate surface area is 166 Å². The molecule has 0 radical (unpaired) electrons. The van der Waals surface area contributed by atoms with Gasteiger partial charge in [-0.2, -0.15) is 0 Å². The van der Waals surface area contributed by atoms with Crippen molar-refractivity contribution in [1.82, 2.24) is 4.90 Å². The van der Waals surface area contributed by atoms with Crippen LogP contribution >= 0.6 is 0 Å². The van der Waals surface area contributed by atoms with Gasteiger partial charge >= 0.3 is 5.97 Å². The molecule has 0 saturated carbocycles. The van der Waals surface area contributed by atoms with Gasteiger partial charge in [-0.05, 0) is 42.4 Å². The molecule has 4 heteroatoms. The third-order valence-corrected chi connectivity index (χ3v) is 6.05. The topological polar surface area (TPSA) is 46.6 Å². The summed E-state index contributed by atoms with van der Waals surface area (Å²) in [6, 6.07) is 18.5. The van der Waals surface area contributed by atoms with Crippen LogP contribution in [0.3, 0.4) is 0 Å². The molecule has 146 valence electrons. The van der Waals surface area contributed by atoms with Gasteiger partial charge in [-0.25, -0.2) is 0 Å². The molecule has 0 spiro atoms. The Bertz CT molecular complexity index is 848. The van der Waals surface area contributed by atoms with Crippen LogP contribution in [0, 0.1) is 11.8 Å². The minimum absolute atomic E-state index is 0.105. The number of hydrogen-bond donors (Lipinski definition) is 0. The summed E-state index contributed by atoms with van der Waals surface area (Å²) in [4.78, 5) is 27.8. The largest absolute Gasteiger partial charge is 0.466 e. The number of benzene rings is 2. The van der Waals surface area contributed by atoms with Gasteiger partial charge in [0.1, 0.15) is 0 Å². The number of hydrogen-bond acceptors (Lipinski definition) is 3. The first-order chi connectivity index (χ1) is 13.7. The molecule has 1 heterocycles. The molecule has 2 aromatic rings. The molecule has 0 unspecified atom stereocenters. The Hall–Kier alpha value is -2.62. The first-order valence-corrected chi connectivity index (χ1v) is 10.2. The normalized spacial score (nSPS) is 23.7. The van der Waals surface area contributed by atoms with Gasteiger partial charge in [-0.15, -0.1) is 0 Å². The molecule has 1 amide bonds. The number of nitrogens with zero attached hydrogens (tertiary/aromatic N) is 1. The lowest BCUT2D eigenvalue weighted by atomic mass is 9.78. The molecule has 1 fully saturated rings. The Morgan fingerprint density at radius 3 is 2.64 bits per heavy atom. The highest BCUT2D eigenvalue weighted by Crippen LogP contribution is 2.43. The van der Waals surface area contributed by atoms with E-state index in [4.69, 9.17) is 4.74 Å². The highest BCUT2D eigenvalue weighted by atomic mass is 16.5. The number of esters is 1. The molecular formula is C24H27NO3. The summed E-state index contributed by atoms with van der Waals surface area (Å²) in [5.74, 6) is 0.126. The predicted molar refractivity (Wildman–Crippen MR) is 108 cm³/mol. The van der Waals surface area contributed by atoms with Crippen LogP contribution in [0.25, 0.3) is 0 Å². The summed E-state index contributed by atoms with van der Waals surface area (Å²) < 4.78 is 5.23. The lowest BCUT2D eigenvalue weighted by molar-refractivity contribution is -0.146. The van der Waals surface area contributed by atoms with Gasteiger partial charge < -0.3 is 9.64 Å². The lowest BCUT2D eigenvalue weighted by Gasteiger charge is -2.38. The van der Waals surface area contributed by atoms with Crippen LogP contribution in [0.2, 0.25) is 0 Å². The van der Waals surface area contributed by atoms with Crippen LogP contribution in [0.15, 0.2) is 54.6 Å². The van der Waals surface area contributed by atoms with Crippen LogP contribution in [0.1, 0.15) is 42.4 Å². The zero-order chi connectivity index (χ0) is 19.5. The van der Waals surface area contributed by atoms with Gasteiger partial charge in [0, 0.05) is 24.9 Å². The van der Waals surface area contributed by atoms with Gasteiger partial charge in [0.2, 0.25) is 5.91 Å². The van der Waals surface area contributed by atoms with E-state index in [-0.39, 0.29) is 30.1 Å². The third-order valence-electron chi connectivity index (χ3n) is 6.05. The van der Waals surface area contributed by atoms with E-state index in [9.17, 15) is 9.59 Å². The molecule has 3 atom stereocenters. The van der Waals surface area contributed by atoms with E-state index in [1.165, 1.54) is 5.56 Å². The van der Waals surface area contributed by atoms with E-state index in [1.54, 1.807) is 0 Å². The van der Waals surface area contributed by atoms with Crippen molar-refractivity contribution in [2.45, 2.75) is 38.6 Å². The van der Waals surface area contributed by atoms with Gasteiger partial charge in [0.15, 0.2) is 0 Å². The molecule has 0 N–H and O–H groups in total. The smallest absolute Gasteiger partial charge is 0.306 e. The Balaban J connectivity index is 1.65. The molecular weight excluding hydrogens is 350 g/mol. The van der Waals surface area contributed by atoms with Crippen LogP contribution in [0.4, 0.5) is 0 Å². The SMILES string of the molecule is CCOC(=O)C[C@@H]1c2ccccc2C[C@@H]2C[C@H]1C(=O)N(Cc1ccccc1)C2. The summed E-state index contributed by atoms with van der Waals surface area (Å²) >= 11 is 0. The number of ether oxygens (including phenoxy) is 1. The molecule has 1 saturated heterocycles. The molecule has 4 rings (SSSR count). The maximum absolute atomic E-state index is 13.4. The van der Waals surface area contributed by atoms with Crippen molar-refractivity contribution in [2.24, 2.45) is 11.8 Å². The molecule has 4 nitrogen and oxygen atoms in total. The molecule has 2 bridgehead atoms. The van der Waals surface area contributed by atoms with E-state index in [1.807, 2.05) is 36.1 Å². The van der Waals surface area contributed by atoms with E-state index in [2.05, 4.69) is 30.3 Å². The number of carbonyl (C=O) groups excluding carboxylic acids is 2. The number of carbonyl (C=O) groups is 2. The number of amides is 1. The van der Waals surface area contributed by atoms with Gasteiger partial charge in [-0.3, -0.25) is 9.59 Å². The second-order valence-electron chi connectivity index (χ2n) is 7.93. The Morgan fingerprint density at radius 1 is 1.11 bits per heavy atom. The molecule has 28 heavy (non-hydrogen) atoms. The van der Waals surface area contributed by atoms with Crippen molar-refractivity contribution >= 4 is 11.9 Å². The second kappa shape index (κ2) is 8.17. The fraction of sp³-hybridized carbons (Fsp3) is 0.417. The van der Waals surface area contributed by atoms with Crippen LogP contribution in [0.5, 0.6) is 0 Å². The van der Waals surface area contributed by atoms with Gasteiger partial charge in [-0.1, -0.05) is 54.6 Å². The fourth-order valence-electron chi connectivity index (χ4n) is 4.86. The van der Waals surface area contributed by atoms with Crippen molar-refractivity contribution in [1.29, 1.82) is 0 Å². The Morgan fingerprint density at radius 2 is 1.86 bits per heavy atom. The third kappa shape index (κ3) is 3.82. The maximum Gasteiger partial charge on any atom is 0.306 e. The highest BCUT2D eigenvalue weighted by Gasteiger charge is 2.43. The zero-order valence-corrected chi connectivity index (χ0v) is 16.3. The van der Waals surface area contributed by atoms with Crippen molar-refractivity contribution in [3.05, 3.63) is 71.3 Å². The predicted octanol–water partition coefficient (Wildman–Crippen LogP) is 3.94. The highest BCUT2D eigenvalue weighted by molar-refractivity contribution is 5.82. The minimum atomic E-state index is -0.214. The van der Waals surface area contributed by atoms with E-state index in [0.717, 1.165) is 30.5 Å². The first kappa shape index (κ1) is 18.7. The summed E-state index contributed by atoms with van der Waals surface area (Å²) in [6.45, 7) is 3.61. The lowest BCUT2D eigenvalue weighted by Crippen LogP contribution is -2.46. The van der Waals surface area contributed by atoms with E-state index < -0.39 is 0 Å². The van der Waals surface area contributed by atoms with Crippen molar-refractivity contribution in [3.8, 4) is 0 Å². The van der Waals surface area contributed by atoms with Gasteiger partial charge in [0.25, 0.3) is 0 Å². The summed E-state index contributed by atoms with van der Waals surface area (Å²) in [7, 11) is 0. The van der Waals surface area contributed by atoms with Crippen molar-refractivity contribution in [2.75, 3.05) is 13.2 Å². The van der Waals surface area contributed by atoms with Crippen LogP contribution in [-0.2, 0) is 27.3 Å². The molecule has 2 aromatic carbocycles. The maximum atomic E-state index is 13.4. The summed E-state index contributed by atoms with van der Waals surface area (Å²) in [5.41, 5.74) is 3.57. The Kier molecular flexibility index (Phi) is 5.47. The molecule has 1 aliphatic heterocycles. The first-order valence-electron chi connectivity index (χ1n) is 10.2. The minimum Gasteiger partial charge on any atom is -0.466 e. The number of fused-ring (bicyclic) bond motifs is 3. The molecule has 1 aliphatic carbocycles.